The molecule has 1 aromatic rings. The van der Waals surface area contributed by atoms with Crippen LogP contribution in [0.3, 0.4) is 0 Å². The number of phenols is 1. The number of hydrogen-bond acceptors (Lipinski definition) is 4. The first-order chi connectivity index (χ1) is 7.70. The number of carbonyl (C=O) groups is 1. The Morgan fingerprint density at radius 3 is 2.81 bits per heavy atom. The Labute approximate surface area is 99.8 Å². The summed E-state index contributed by atoms with van der Waals surface area (Å²) in [4.78, 5) is 11.4. The summed E-state index contributed by atoms with van der Waals surface area (Å²) in [7, 11) is 0. The SMILES string of the molecule is CC(=O)OCCCCSc1ccccc1O. The molecule has 0 unspecified atom stereocenters. The summed E-state index contributed by atoms with van der Waals surface area (Å²) in [6, 6.07) is 7.29. The van der Waals surface area contributed by atoms with Gasteiger partial charge in [-0.3, -0.25) is 4.79 Å². The third kappa shape index (κ3) is 5.07. The molecule has 1 rings (SSSR count). The van der Waals surface area contributed by atoms with Crippen LogP contribution in [0.4, 0.5) is 0 Å². The van der Waals surface area contributed by atoms with Gasteiger partial charge in [-0.2, -0.15) is 0 Å². The predicted octanol–water partition coefficient (Wildman–Crippen LogP) is 2.83. The van der Waals surface area contributed by atoms with Crippen molar-refractivity contribution in [1.82, 2.24) is 0 Å². The molecule has 1 aromatic carbocycles. The summed E-state index contributed by atoms with van der Waals surface area (Å²) in [5.74, 6) is 1.01. The van der Waals surface area contributed by atoms with Gasteiger partial charge in [-0.05, 0) is 30.7 Å². The minimum atomic E-state index is -0.228. The van der Waals surface area contributed by atoms with Gasteiger partial charge in [0, 0.05) is 11.8 Å². The molecule has 4 heteroatoms. The summed E-state index contributed by atoms with van der Waals surface area (Å²) < 4.78 is 4.82. The molecule has 0 atom stereocenters. The average molecular weight is 240 g/mol. The molecular weight excluding hydrogens is 224 g/mol. The number of rotatable bonds is 6. The molecule has 0 bridgehead atoms. The predicted molar refractivity (Wildman–Crippen MR) is 64.7 cm³/mol. The second-order valence-electron chi connectivity index (χ2n) is 3.36. The number of aromatic hydroxyl groups is 1. The summed E-state index contributed by atoms with van der Waals surface area (Å²) >= 11 is 1.62. The van der Waals surface area contributed by atoms with E-state index >= 15 is 0 Å². The average Bonchev–Trinajstić information content (AvgIpc) is 2.25. The van der Waals surface area contributed by atoms with Crippen LogP contribution in [0, 0.1) is 0 Å². The molecule has 0 aliphatic carbocycles. The van der Waals surface area contributed by atoms with Crippen LogP contribution in [0.5, 0.6) is 5.75 Å². The van der Waals surface area contributed by atoms with Crippen molar-refractivity contribution < 1.29 is 14.6 Å². The highest BCUT2D eigenvalue weighted by atomic mass is 32.2. The molecule has 0 radical (unpaired) electrons. The molecule has 0 aromatic heterocycles. The van der Waals surface area contributed by atoms with E-state index in [0.717, 1.165) is 23.5 Å². The molecule has 0 amide bonds. The molecule has 0 aliphatic rings. The normalized spacial score (nSPS) is 10.1. The maximum Gasteiger partial charge on any atom is 0.302 e. The third-order valence-corrected chi connectivity index (χ3v) is 3.12. The van der Waals surface area contributed by atoms with Gasteiger partial charge in [0.1, 0.15) is 5.75 Å². The van der Waals surface area contributed by atoms with Crippen LogP contribution in [0.15, 0.2) is 29.2 Å². The monoisotopic (exact) mass is 240 g/mol. The second-order valence-corrected chi connectivity index (χ2v) is 4.50. The lowest BCUT2D eigenvalue weighted by Gasteiger charge is -2.04. The van der Waals surface area contributed by atoms with Gasteiger partial charge in [0.2, 0.25) is 0 Å². The summed E-state index contributed by atoms with van der Waals surface area (Å²) in [5, 5.41) is 9.50. The van der Waals surface area contributed by atoms with Crippen molar-refractivity contribution in [3.63, 3.8) is 0 Å². The summed E-state index contributed by atoms with van der Waals surface area (Å²) in [6.45, 7) is 1.90. The van der Waals surface area contributed by atoms with Crippen LogP contribution in [0.2, 0.25) is 0 Å². The van der Waals surface area contributed by atoms with Crippen molar-refractivity contribution in [3.8, 4) is 5.75 Å². The minimum Gasteiger partial charge on any atom is -0.507 e. The van der Waals surface area contributed by atoms with E-state index in [1.54, 1.807) is 23.9 Å². The summed E-state index contributed by atoms with van der Waals surface area (Å²) in [5.41, 5.74) is 0. The number of thioether (sulfide) groups is 1. The molecule has 1 N–H and O–H groups in total. The van der Waals surface area contributed by atoms with Gasteiger partial charge in [0.05, 0.1) is 6.61 Å². The van der Waals surface area contributed by atoms with Gasteiger partial charge in [-0.1, -0.05) is 12.1 Å². The number of phenolic OH excluding ortho intramolecular Hbond substituents is 1. The van der Waals surface area contributed by atoms with E-state index in [1.165, 1.54) is 6.92 Å². The van der Waals surface area contributed by atoms with E-state index in [2.05, 4.69) is 0 Å². The van der Waals surface area contributed by atoms with Gasteiger partial charge in [0.15, 0.2) is 0 Å². The number of unbranched alkanes of at least 4 members (excludes halogenated alkanes) is 1. The van der Waals surface area contributed by atoms with Gasteiger partial charge < -0.3 is 9.84 Å². The third-order valence-electron chi connectivity index (χ3n) is 1.97. The Kier molecular flexibility index (Phi) is 5.78. The molecule has 0 spiro atoms. The minimum absolute atomic E-state index is 0.228. The van der Waals surface area contributed by atoms with Crippen molar-refractivity contribution >= 4 is 17.7 Å². The molecule has 88 valence electrons. The fraction of sp³-hybridized carbons (Fsp3) is 0.417. The van der Waals surface area contributed by atoms with Crippen molar-refractivity contribution in [3.05, 3.63) is 24.3 Å². The lowest BCUT2D eigenvalue weighted by molar-refractivity contribution is -0.141. The number of ether oxygens (including phenoxy) is 1. The fourth-order valence-electron chi connectivity index (χ4n) is 1.18. The molecule has 0 saturated carbocycles. The Bertz CT molecular complexity index is 339. The Balaban J connectivity index is 2.12. The number of carbonyl (C=O) groups excluding carboxylic acids is 1. The lowest BCUT2D eigenvalue weighted by atomic mass is 10.3. The van der Waals surface area contributed by atoms with Crippen LogP contribution in [-0.2, 0) is 9.53 Å². The van der Waals surface area contributed by atoms with Crippen LogP contribution in [-0.4, -0.2) is 23.4 Å². The Hall–Kier alpha value is -1.16. The topological polar surface area (TPSA) is 46.5 Å². The highest BCUT2D eigenvalue weighted by molar-refractivity contribution is 7.99. The van der Waals surface area contributed by atoms with Gasteiger partial charge >= 0.3 is 5.97 Å². The first kappa shape index (κ1) is 12.9. The van der Waals surface area contributed by atoms with E-state index in [1.807, 2.05) is 12.1 Å². The van der Waals surface area contributed by atoms with Crippen molar-refractivity contribution in [2.24, 2.45) is 0 Å². The highest BCUT2D eigenvalue weighted by Gasteiger charge is 2.00. The Morgan fingerprint density at radius 1 is 1.38 bits per heavy atom. The van der Waals surface area contributed by atoms with E-state index < -0.39 is 0 Å². The maximum atomic E-state index is 10.5. The van der Waals surface area contributed by atoms with Crippen LogP contribution in [0.25, 0.3) is 0 Å². The van der Waals surface area contributed by atoms with Crippen molar-refractivity contribution in [2.45, 2.75) is 24.7 Å². The molecule has 0 fully saturated rings. The van der Waals surface area contributed by atoms with Gasteiger partial charge in [-0.25, -0.2) is 0 Å². The molecule has 16 heavy (non-hydrogen) atoms. The molecular formula is C12H16O3S. The van der Waals surface area contributed by atoms with Crippen LogP contribution < -0.4 is 0 Å². The lowest BCUT2D eigenvalue weighted by Crippen LogP contribution is -2.00. The maximum absolute atomic E-state index is 10.5. The number of esters is 1. The van der Waals surface area contributed by atoms with Crippen LogP contribution in [0.1, 0.15) is 19.8 Å². The highest BCUT2D eigenvalue weighted by Crippen LogP contribution is 2.28. The molecule has 3 nitrogen and oxygen atoms in total. The van der Waals surface area contributed by atoms with Crippen molar-refractivity contribution in [1.29, 1.82) is 0 Å². The largest absolute Gasteiger partial charge is 0.507 e. The summed E-state index contributed by atoms with van der Waals surface area (Å²) in [6.07, 6.45) is 1.83. The van der Waals surface area contributed by atoms with E-state index in [4.69, 9.17) is 4.74 Å². The van der Waals surface area contributed by atoms with Crippen molar-refractivity contribution in [2.75, 3.05) is 12.4 Å². The quantitative estimate of drug-likeness (QED) is 0.472. The molecule has 0 heterocycles. The van der Waals surface area contributed by atoms with Crippen LogP contribution >= 0.6 is 11.8 Å². The fourth-order valence-corrected chi connectivity index (χ4v) is 2.14. The zero-order valence-electron chi connectivity index (χ0n) is 9.31. The van der Waals surface area contributed by atoms with Gasteiger partial charge in [0.25, 0.3) is 0 Å². The van der Waals surface area contributed by atoms with Gasteiger partial charge in [-0.15, -0.1) is 11.8 Å². The molecule has 0 saturated heterocycles. The zero-order valence-corrected chi connectivity index (χ0v) is 10.1. The van der Waals surface area contributed by atoms with E-state index in [0.29, 0.717) is 12.4 Å². The standard InChI is InChI=1S/C12H16O3S/c1-10(13)15-8-4-5-9-16-12-7-3-2-6-11(12)14/h2-3,6-7,14H,4-5,8-9H2,1H3. The zero-order chi connectivity index (χ0) is 11.8. The number of para-hydroxylation sites is 1. The smallest absolute Gasteiger partial charge is 0.302 e. The number of hydrogen-bond donors (Lipinski definition) is 1. The van der Waals surface area contributed by atoms with E-state index in [-0.39, 0.29) is 5.97 Å². The first-order valence-corrected chi connectivity index (χ1v) is 6.23. The first-order valence-electron chi connectivity index (χ1n) is 5.24. The van der Waals surface area contributed by atoms with E-state index in [9.17, 15) is 9.90 Å². The second kappa shape index (κ2) is 7.17. The number of benzene rings is 1. The molecule has 0 aliphatic heterocycles. The Morgan fingerprint density at radius 2 is 2.12 bits per heavy atom.